The maximum absolute atomic E-state index is 11.9. The first-order chi connectivity index (χ1) is 8.97. The molecule has 0 saturated heterocycles. The van der Waals surface area contributed by atoms with Gasteiger partial charge in [0.1, 0.15) is 0 Å². The number of benzene rings is 1. The molecular formula is C13H18BrClN2O2. The van der Waals surface area contributed by atoms with Gasteiger partial charge in [0.25, 0.3) is 0 Å². The van der Waals surface area contributed by atoms with Gasteiger partial charge in [-0.3, -0.25) is 4.79 Å². The molecule has 0 aromatic heterocycles. The summed E-state index contributed by atoms with van der Waals surface area (Å²) in [7, 11) is 0. The normalized spacial score (nSPS) is 12.1. The number of anilines is 1. The minimum atomic E-state index is -0.149. The van der Waals surface area contributed by atoms with E-state index in [0.717, 1.165) is 6.42 Å². The maximum Gasteiger partial charge on any atom is 0.226 e. The van der Waals surface area contributed by atoms with E-state index in [1.807, 2.05) is 13.8 Å². The van der Waals surface area contributed by atoms with Crippen molar-refractivity contribution in [2.75, 3.05) is 11.9 Å². The molecular weight excluding hydrogens is 332 g/mol. The lowest BCUT2D eigenvalue weighted by Crippen LogP contribution is -2.26. The van der Waals surface area contributed by atoms with E-state index < -0.39 is 0 Å². The number of rotatable bonds is 6. The van der Waals surface area contributed by atoms with Gasteiger partial charge < -0.3 is 15.8 Å². The van der Waals surface area contributed by atoms with Gasteiger partial charge in [-0.25, -0.2) is 0 Å². The third kappa shape index (κ3) is 5.01. The Balaban J connectivity index is 2.89. The van der Waals surface area contributed by atoms with Crippen molar-refractivity contribution in [3.8, 4) is 5.75 Å². The number of nitrogens with one attached hydrogen (secondary N) is 1. The molecule has 0 radical (unpaired) electrons. The maximum atomic E-state index is 11.9. The summed E-state index contributed by atoms with van der Waals surface area (Å²) < 4.78 is 6.21. The molecule has 0 aliphatic heterocycles. The molecule has 1 amide bonds. The van der Waals surface area contributed by atoms with Crippen LogP contribution in [0.2, 0.25) is 5.02 Å². The molecule has 1 unspecified atom stereocenters. The molecule has 0 spiro atoms. The van der Waals surface area contributed by atoms with E-state index in [1.165, 1.54) is 0 Å². The first-order valence-electron chi connectivity index (χ1n) is 6.15. The van der Waals surface area contributed by atoms with Crippen LogP contribution in [0, 0.1) is 0 Å². The highest BCUT2D eigenvalue weighted by atomic mass is 79.9. The number of nitrogens with two attached hydrogens (primary N) is 1. The Bertz CT molecular complexity index is 455. The number of carbonyl (C=O) groups is 1. The lowest BCUT2D eigenvalue weighted by molar-refractivity contribution is -0.116. The lowest BCUT2D eigenvalue weighted by Gasteiger charge is -2.15. The summed E-state index contributed by atoms with van der Waals surface area (Å²) in [6.45, 7) is 4.32. The SMILES string of the molecule is CCOc1c(Br)cc(Cl)cc1NC(=O)CC(N)CC. The summed E-state index contributed by atoms with van der Waals surface area (Å²) in [5.41, 5.74) is 6.31. The van der Waals surface area contributed by atoms with Crippen molar-refractivity contribution >= 4 is 39.1 Å². The van der Waals surface area contributed by atoms with E-state index in [9.17, 15) is 4.79 Å². The van der Waals surface area contributed by atoms with Gasteiger partial charge in [0, 0.05) is 17.5 Å². The summed E-state index contributed by atoms with van der Waals surface area (Å²) in [6.07, 6.45) is 1.02. The molecule has 6 heteroatoms. The van der Waals surface area contributed by atoms with Gasteiger partial charge in [-0.05, 0) is 41.4 Å². The van der Waals surface area contributed by atoms with Crippen molar-refractivity contribution in [1.82, 2.24) is 0 Å². The smallest absolute Gasteiger partial charge is 0.226 e. The molecule has 19 heavy (non-hydrogen) atoms. The topological polar surface area (TPSA) is 64.3 Å². The molecule has 0 bridgehead atoms. The Morgan fingerprint density at radius 2 is 2.21 bits per heavy atom. The Morgan fingerprint density at radius 1 is 1.53 bits per heavy atom. The predicted molar refractivity (Wildman–Crippen MR) is 81.8 cm³/mol. The van der Waals surface area contributed by atoms with Crippen molar-refractivity contribution in [1.29, 1.82) is 0 Å². The molecule has 106 valence electrons. The predicted octanol–water partition coefficient (Wildman–Crippen LogP) is 3.57. The zero-order valence-electron chi connectivity index (χ0n) is 11.0. The zero-order valence-corrected chi connectivity index (χ0v) is 13.3. The average Bonchev–Trinajstić information content (AvgIpc) is 2.33. The largest absolute Gasteiger partial charge is 0.491 e. The highest BCUT2D eigenvalue weighted by Crippen LogP contribution is 2.36. The Kier molecular flexibility index (Phi) is 6.62. The molecule has 1 atom stereocenters. The molecule has 4 nitrogen and oxygen atoms in total. The van der Waals surface area contributed by atoms with Crippen LogP contribution in [0.4, 0.5) is 5.69 Å². The summed E-state index contributed by atoms with van der Waals surface area (Å²) in [6, 6.07) is 3.24. The molecule has 0 saturated carbocycles. The fourth-order valence-electron chi connectivity index (χ4n) is 1.53. The van der Waals surface area contributed by atoms with Crippen LogP contribution in [0.1, 0.15) is 26.7 Å². The number of amides is 1. The van der Waals surface area contributed by atoms with Crippen LogP contribution in [-0.4, -0.2) is 18.6 Å². The van der Waals surface area contributed by atoms with Crippen molar-refractivity contribution in [2.24, 2.45) is 5.73 Å². The molecule has 1 aromatic carbocycles. The van der Waals surface area contributed by atoms with Crippen LogP contribution in [0.3, 0.4) is 0 Å². The summed E-state index contributed by atoms with van der Waals surface area (Å²) in [4.78, 5) is 11.9. The molecule has 1 aromatic rings. The molecule has 0 aliphatic rings. The van der Waals surface area contributed by atoms with E-state index >= 15 is 0 Å². The van der Waals surface area contributed by atoms with Crippen LogP contribution in [0.25, 0.3) is 0 Å². The Labute approximate surface area is 126 Å². The van der Waals surface area contributed by atoms with E-state index in [1.54, 1.807) is 12.1 Å². The fraction of sp³-hybridized carbons (Fsp3) is 0.462. The second-order valence-electron chi connectivity index (χ2n) is 4.12. The van der Waals surface area contributed by atoms with Gasteiger partial charge in [0.2, 0.25) is 5.91 Å². The molecule has 0 aliphatic carbocycles. The molecule has 1 rings (SSSR count). The van der Waals surface area contributed by atoms with Crippen LogP contribution >= 0.6 is 27.5 Å². The second kappa shape index (κ2) is 7.72. The quantitative estimate of drug-likeness (QED) is 0.825. The van der Waals surface area contributed by atoms with E-state index in [2.05, 4.69) is 21.2 Å². The number of carbonyl (C=O) groups excluding carboxylic acids is 1. The highest BCUT2D eigenvalue weighted by Gasteiger charge is 2.14. The number of ether oxygens (including phenoxy) is 1. The van der Waals surface area contributed by atoms with Gasteiger partial charge in [-0.15, -0.1) is 0 Å². The third-order valence-electron chi connectivity index (χ3n) is 2.54. The van der Waals surface area contributed by atoms with Crippen molar-refractivity contribution in [2.45, 2.75) is 32.7 Å². The van der Waals surface area contributed by atoms with Crippen molar-refractivity contribution in [3.63, 3.8) is 0 Å². The van der Waals surface area contributed by atoms with Gasteiger partial charge in [-0.2, -0.15) is 0 Å². The minimum Gasteiger partial charge on any atom is -0.491 e. The van der Waals surface area contributed by atoms with E-state index in [-0.39, 0.29) is 18.4 Å². The molecule has 0 fully saturated rings. The van der Waals surface area contributed by atoms with Crippen molar-refractivity contribution in [3.05, 3.63) is 21.6 Å². The number of halogens is 2. The van der Waals surface area contributed by atoms with Crippen LogP contribution in [0.5, 0.6) is 5.75 Å². The highest BCUT2D eigenvalue weighted by molar-refractivity contribution is 9.10. The lowest BCUT2D eigenvalue weighted by atomic mass is 10.1. The Hall–Kier alpha value is -0.780. The van der Waals surface area contributed by atoms with Gasteiger partial charge in [0.05, 0.1) is 16.8 Å². The van der Waals surface area contributed by atoms with E-state index in [0.29, 0.717) is 27.5 Å². The number of hydrogen-bond acceptors (Lipinski definition) is 3. The first-order valence-corrected chi connectivity index (χ1v) is 7.32. The summed E-state index contributed by atoms with van der Waals surface area (Å²) in [5.74, 6) is 0.426. The summed E-state index contributed by atoms with van der Waals surface area (Å²) >= 11 is 9.35. The van der Waals surface area contributed by atoms with Crippen molar-refractivity contribution < 1.29 is 9.53 Å². The van der Waals surface area contributed by atoms with E-state index in [4.69, 9.17) is 22.1 Å². The van der Waals surface area contributed by atoms with Gasteiger partial charge >= 0.3 is 0 Å². The second-order valence-corrected chi connectivity index (χ2v) is 5.41. The van der Waals surface area contributed by atoms with Gasteiger partial charge in [-0.1, -0.05) is 18.5 Å². The molecule has 0 heterocycles. The summed E-state index contributed by atoms with van der Waals surface area (Å²) in [5, 5.41) is 3.30. The number of hydrogen-bond donors (Lipinski definition) is 2. The molecule has 3 N–H and O–H groups in total. The minimum absolute atomic E-state index is 0.141. The first kappa shape index (κ1) is 16.3. The monoisotopic (exact) mass is 348 g/mol. The van der Waals surface area contributed by atoms with Crippen LogP contribution in [-0.2, 0) is 4.79 Å². The zero-order chi connectivity index (χ0) is 14.4. The van der Waals surface area contributed by atoms with Crippen LogP contribution in [0.15, 0.2) is 16.6 Å². The fourth-order valence-corrected chi connectivity index (χ4v) is 2.45. The van der Waals surface area contributed by atoms with Crippen LogP contribution < -0.4 is 15.8 Å². The van der Waals surface area contributed by atoms with Gasteiger partial charge in [0.15, 0.2) is 5.75 Å². The average molecular weight is 350 g/mol. The standard InChI is InChI=1S/C13H18BrClN2O2/c1-3-9(16)7-12(18)17-11-6-8(15)5-10(14)13(11)19-4-2/h5-6,9H,3-4,7,16H2,1-2H3,(H,17,18). The Morgan fingerprint density at radius 3 is 2.79 bits per heavy atom. The third-order valence-corrected chi connectivity index (χ3v) is 3.35.